The van der Waals surface area contributed by atoms with E-state index in [0.717, 1.165) is 11.8 Å². The molecule has 19 heteroatoms. The molecule has 194 valence electrons. The maximum absolute atomic E-state index is 12.4. The number of ether oxygens (including phenoxy) is 1. The van der Waals surface area contributed by atoms with Gasteiger partial charge in [-0.05, 0) is 13.2 Å². The highest BCUT2D eigenvalue weighted by Gasteiger charge is 2.45. The van der Waals surface area contributed by atoms with E-state index in [0.29, 0.717) is 0 Å². The van der Waals surface area contributed by atoms with Crippen LogP contribution in [0.4, 0.5) is 10.6 Å². The quantitative estimate of drug-likeness (QED) is 0.0998. The van der Waals surface area contributed by atoms with E-state index in [1.807, 2.05) is 0 Å². The van der Waals surface area contributed by atoms with Crippen molar-refractivity contribution in [1.29, 1.82) is 0 Å². The van der Waals surface area contributed by atoms with Crippen LogP contribution in [0.15, 0.2) is 11.5 Å². The number of anilines is 1. The molecule has 1 aliphatic heterocycles. The van der Waals surface area contributed by atoms with E-state index in [4.69, 9.17) is 19.6 Å². The van der Waals surface area contributed by atoms with Crippen molar-refractivity contribution in [1.82, 2.24) is 24.8 Å². The summed E-state index contributed by atoms with van der Waals surface area (Å²) in [4.78, 5) is 53.8. The Morgan fingerprint density at radius 2 is 2.00 bits per heavy atom. The highest BCUT2D eigenvalue weighted by molar-refractivity contribution is 7.98. The second kappa shape index (κ2) is 10.7. The molecule has 3 rings (SSSR count). The summed E-state index contributed by atoms with van der Waals surface area (Å²) in [5.74, 6) is -1.58. The number of aliphatic hydroxyl groups excluding tert-OH is 3. The van der Waals surface area contributed by atoms with Gasteiger partial charge in [0.2, 0.25) is 0 Å². The summed E-state index contributed by atoms with van der Waals surface area (Å²) in [6.07, 6.45) is -4.29. The van der Waals surface area contributed by atoms with E-state index in [1.54, 1.807) is 6.26 Å². The van der Waals surface area contributed by atoms with Gasteiger partial charge < -0.3 is 40.3 Å². The lowest BCUT2D eigenvalue weighted by Crippen LogP contribution is -2.49. The Kier molecular flexibility index (Phi) is 8.30. The van der Waals surface area contributed by atoms with Crippen LogP contribution in [0.5, 0.6) is 0 Å². The van der Waals surface area contributed by atoms with Gasteiger partial charge in [0.15, 0.2) is 34.4 Å². The maximum Gasteiger partial charge on any atom is 0.469 e. The molecule has 0 aliphatic carbocycles. The molecular formula is C16H23N6O11PS. The predicted molar refractivity (Wildman–Crippen MR) is 116 cm³/mol. The number of hydrogen-bond donors (Lipinski definition) is 8. The van der Waals surface area contributed by atoms with Crippen LogP contribution in [0.2, 0.25) is 0 Å². The number of rotatable bonds is 9. The Balaban J connectivity index is 1.89. The fourth-order valence-electron chi connectivity index (χ4n) is 3.20. The Bertz CT molecular complexity index is 1140. The molecule has 3 heterocycles. The predicted octanol–water partition coefficient (Wildman–Crippen LogP) is -1.77. The third kappa shape index (κ3) is 6.24. The minimum absolute atomic E-state index is 0.0158. The molecule has 0 unspecified atom stereocenters. The molecule has 0 bridgehead atoms. The van der Waals surface area contributed by atoms with Crippen LogP contribution in [0.1, 0.15) is 13.2 Å². The van der Waals surface area contributed by atoms with E-state index >= 15 is 0 Å². The number of carbonyl (C=O) groups excluding carboxylic acids is 1. The van der Waals surface area contributed by atoms with Gasteiger partial charge in [-0.2, -0.15) is 0 Å². The van der Waals surface area contributed by atoms with Crippen molar-refractivity contribution in [3.05, 3.63) is 6.33 Å². The lowest BCUT2D eigenvalue weighted by Gasteiger charge is -2.18. The van der Waals surface area contributed by atoms with Crippen molar-refractivity contribution in [3.63, 3.8) is 0 Å². The fraction of sp³-hybridized carbons (Fsp3) is 0.562. The van der Waals surface area contributed by atoms with Crippen LogP contribution in [-0.2, 0) is 18.6 Å². The summed E-state index contributed by atoms with van der Waals surface area (Å²) in [7, 11) is -4.85. The van der Waals surface area contributed by atoms with Gasteiger partial charge in [0.25, 0.3) is 0 Å². The molecule has 1 fully saturated rings. The van der Waals surface area contributed by atoms with Crippen molar-refractivity contribution < 1.29 is 53.6 Å². The maximum atomic E-state index is 12.4. The molecule has 2 aromatic heterocycles. The number of amides is 2. The average molecular weight is 538 g/mol. The normalized spacial score (nSPS) is 24.3. The highest BCUT2D eigenvalue weighted by Crippen LogP contribution is 2.39. The molecule has 0 radical (unpaired) electrons. The van der Waals surface area contributed by atoms with Gasteiger partial charge in [-0.3, -0.25) is 14.4 Å². The zero-order valence-corrected chi connectivity index (χ0v) is 19.8. The first-order valence-corrected chi connectivity index (χ1v) is 12.6. The highest BCUT2D eigenvalue weighted by atomic mass is 32.2. The number of hydrogen-bond acceptors (Lipinski definition) is 12. The molecule has 17 nitrogen and oxygen atoms in total. The summed E-state index contributed by atoms with van der Waals surface area (Å²) >= 11 is 1.09. The van der Waals surface area contributed by atoms with Crippen LogP contribution >= 0.6 is 19.6 Å². The standard InChI is InChI=1S/C16H23N6O11PS/c1-5(23)7(14(26)27)18-15(28)19-11-8-12(21-16(20-11)35-2)22(4-17-8)13-10(25)9(24)6(33-13)3-32-34(29,30)31/h4-7,9-10,13,23-25H,3H2,1-2H3,(H,26,27)(H2,29,30,31)(H2,18,19,20,21,28)/t5-,6-,7+,9-,10-,13-/m1/s1. The molecule has 1 saturated heterocycles. The van der Waals surface area contributed by atoms with Gasteiger partial charge in [-0.25, -0.2) is 29.1 Å². The molecule has 0 aromatic carbocycles. The molecule has 0 spiro atoms. The third-order valence-corrected chi connectivity index (χ3v) is 5.90. The Morgan fingerprint density at radius 1 is 1.31 bits per heavy atom. The van der Waals surface area contributed by atoms with Crippen LogP contribution in [0.3, 0.4) is 0 Å². The average Bonchev–Trinajstić information content (AvgIpc) is 3.30. The number of imidazole rings is 1. The van der Waals surface area contributed by atoms with Gasteiger partial charge in [0.05, 0.1) is 19.0 Å². The van der Waals surface area contributed by atoms with Crippen molar-refractivity contribution in [2.45, 2.75) is 48.8 Å². The summed E-state index contributed by atoms with van der Waals surface area (Å²) < 4.78 is 22.1. The van der Waals surface area contributed by atoms with E-state index in [2.05, 4.69) is 30.1 Å². The first-order valence-electron chi connectivity index (χ1n) is 9.81. The van der Waals surface area contributed by atoms with Gasteiger partial charge in [0.1, 0.15) is 18.3 Å². The van der Waals surface area contributed by atoms with Crippen molar-refractivity contribution in [3.8, 4) is 0 Å². The van der Waals surface area contributed by atoms with Gasteiger partial charge in [-0.15, -0.1) is 0 Å². The molecule has 35 heavy (non-hydrogen) atoms. The second-order valence-corrected chi connectivity index (χ2v) is 9.38. The number of phosphoric ester groups is 1. The van der Waals surface area contributed by atoms with Gasteiger partial charge in [0, 0.05) is 0 Å². The minimum Gasteiger partial charge on any atom is -0.480 e. The third-order valence-electron chi connectivity index (χ3n) is 4.87. The number of nitrogens with zero attached hydrogens (tertiary/aromatic N) is 4. The molecule has 1 aliphatic rings. The van der Waals surface area contributed by atoms with E-state index in [-0.39, 0.29) is 22.1 Å². The van der Waals surface area contributed by atoms with Crippen LogP contribution in [-0.4, -0.2) is 105 Å². The Hall–Kier alpha value is -2.41. The monoisotopic (exact) mass is 538 g/mol. The zero-order valence-electron chi connectivity index (χ0n) is 18.1. The topological polar surface area (TPSA) is 259 Å². The molecular weight excluding hydrogens is 515 g/mol. The summed E-state index contributed by atoms with van der Waals surface area (Å²) in [5, 5.41) is 44.0. The van der Waals surface area contributed by atoms with Crippen LogP contribution in [0.25, 0.3) is 11.2 Å². The number of aromatic nitrogens is 4. The molecule has 6 atom stereocenters. The minimum atomic E-state index is -4.85. The van der Waals surface area contributed by atoms with Crippen molar-refractivity contribution in [2.24, 2.45) is 0 Å². The van der Waals surface area contributed by atoms with Gasteiger partial charge >= 0.3 is 19.8 Å². The van der Waals surface area contributed by atoms with Crippen LogP contribution in [0, 0.1) is 0 Å². The van der Waals surface area contributed by atoms with E-state index < -0.39 is 63.1 Å². The number of aliphatic carboxylic acids is 1. The smallest absolute Gasteiger partial charge is 0.469 e. The number of aliphatic hydroxyl groups is 3. The number of urea groups is 1. The van der Waals surface area contributed by atoms with E-state index in [9.17, 15) is 29.5 Å². The van der Waals surface area contributed by atoms with Crippen molar-refractivity contribution in [2.75, 3.05) is 18.2 Å². The lowest BCUT2D eigenvalue weighted by atomic mass is 10.1. The summed E-state index contributed by atoms with van der Waals surface area (Å²) in [6.45, 7) is 0.479. The number of thioether (sulfide) groups is 1. The van der Waals surface area contributed by atoms with Crippen LogP contribution < -0.4 is 10.6 Å². The second-order valence-electron chi connectivity index (χ2n) is 7.37. The number of fused-ring (bicyclic) bond motifs is 1. The molecule has 2 aromatic rings. The number of nitrogens with one attached hydrogen (secondary N) is 2. The summed E-state index contributed by atoms with van der Waals surface area (Å²) in [5.41, 5.74) is 0.0693. The summed E-state index contributed by atoms with van der Waals surface area (Å²) in [6, 6.07) is -2.59. The molecule has 0 saturated carbocycles. The van der Waals surface area contributed by atoms with Gasteiger partial charge in [-0.1, -0.05) is 11.8 Å². The Morgan fingerprint density at radius 3 is 2.57 bits per heavy atom. The number of carboxylic acids is 1. The molecule has 8 N–H and O–H groups in total. The number of phosphoric acid groups is 1. The van der Waals surface area contributed by atoms with Crippen molar-refractivity contribution >= 4 is 48.6 Å². The number of carbonyl (C=O) groups is 2. The zero-order chi connectivity index (χ0) is 26.1. The Labute approximate surface area is 200 Å². The SMILES string of the molecule is CSc1nc(NC(=O)N[C@H](C(=O)O)[C@@H](C)O)c2ncn([C@@H]3O[C@H](COP(=O)(O)O)[C@@H](O)[C@H]3O)c2n1. The lowest BCUT2D eigenvalue weighted by molar-refractivity contribution is -0.141. The number of carboxylic acid groups (broad SMARTS) is 1. The largest absolute Gasteiger partial charge is 0.480 e. The molecule has 2 amide bonds. The fourth-order valence-corrected chi connectivity index (χ4v) is 3.90. The first-order chi connectivity index (χ1) is 16.3. The first kappa shape index (κ1) is 27.2. The van der Waals surface area contributed by atoms with E-state index in [1.165, 1.54) is 17.8 Å².